The van der Waals surface area contributed by atoms with Crippen molar-refractivity contribution in [2.24, 2.45) is 0 Å². The number of para-hydroxylation sites is 2. The van der Waals surface area contributed by atoms with E-state index in [4.69, 9.17) is 19.7 Å². The van der Waals surface area contributed by atoms with Crippen molar-refractivity contribution in [2.45, 2.75) is 5.41 Å². The zero-order chi connectivity index (χ0) is 34.5. The first-order chi connectivity index (χ1) is 25.8. The Morgan fingerprint density at radius 1 is 0.327 bits per heavy atom. The van der Waals surface area contributed by atoms with Crippen molar-refractivity contribution in [3.63, 3.8) is 0 Å². The summed E-state index contributed by atoms with van der Waals surface area (Å²) < 4.78 is 6.60. The van der Waals surface area contributed by atoms with Crippen molar-refractivity contribution in [2.75, 3.05) is 0 Å². The summed E-state index contributed by atoms with van der Waals surface area (Å²) in [5, 5.41) is 0. The molecule has 52 heavy (non-hydrogen) atoms. The van der Waals surface area contributed by atoms with Gasteiger partial charge in [0.1, 0.15) is 11.5 Å². The minimum absolute atomic E-state index is 0.615. The summed E-state index contributed by atoms with van der Waals surface area (Å²) in [6, 6.07) is 61.2. The highest BCUT2D eigenvalue weighted by Crippen LogP contribution is 2.57. The molecule has 244 valence electrons. The highest BCUT2D eigenvalue weighted by atomic mass is 16.5. The minimum Gasteiger partial charge on any atom is -0.457 e. The number of hydrogen-bond acceptors (Lipinski definition) is 4. The lowest BCUT2D eigenvalue weighted by molar-refractivity contribution is 0.434. The van der Waals surface area contributed by atoms with Gasteiger partial charge in [0.15, 0.2) is 17.5 Å². The van der Waals surface area contributed by atoms with Crippen LogP contribution in [0.5, 0.6) is 11.5 Å². The summed E-state index contributed by atoms with van der Waals surface area (Å²) in [7, 11) is 0. The van der Waals surface area contributed by atoms with Crippen molar-refractivity contribution in [3.05, 3.63) is 209 Å². The van der Waals surface area contributed by atoms with Crippen LogP contribution in [0.4, 0.5) is 0 Å². The number of hydrogen-bond donors (Lipinski definition) is 0. The highest BCUT2D eigenvalue weighted by molar-refractivity contribution is 5.85. The summed E-state index contributed by atoms with van der Waals surface area (Å²) in [5.74, 6) is 3.57. The molecule has 1 aromatic heterocycles. The molecule has 1 spiro atoms. The molecule has 2 aliphatic rings. The molecule has 0 saturated heterocycles. The van der Waals surface area contributed by atoms with E-state index < -0.39 is 5.41 Å². The van der Waals surface area contributed by atoms with Gasteiger partial charge in [-0.05, 0) is 51.6 Å². The van der Waals surface area contributed by atoms with Gasteiger partial charge in [-0.2, -0.15) is 0 Å². The Balaban J connectivity index is 1.21. The van der Waals surface area contributed by atoms with Crippen LogP contribution in [0, 0.1) is 0 Å². The van der Waals surface area contributed by atoms with Gasteiger partial charge in [-0.15, -0.1) is 0 Å². The van der Waals surface area contributed by atoms with E-state index in [1.54, 1.807) is 0 Å². The van der Waals surface area contributed by atoms with Gasteiger partial charge >= 0.3 is 0 Å². The Kier molecular flexibility index (Phi) is 7.00. The second kappa shape index (κ2) is 12.1. The lowest BCUT2D eigenvalue weighted by Crippen LogP contribution is -2.35. The van der Waals surface area contributed by atoms with Crippen molar-refractivity contribution in [1.82, 2.24) is 15.0 Å². The molecule has 0 fully saturated rings. The molecule has 8 aromatic rings. The highest BCUT2D eigenvalue weighted by Gasteiger charge is 2.47. The number of ether oxygens (including phenoxy) is 1. The lowest BCUT2D eigenvalue weighted by atomic mass is 9.62. The Labute approximate surface area is 302 Å². The smallest absolute Gasteiger partial charge is 0.164 e. The van der Waals surface area contributed by atoms with Crippen LogP contribution in [-0.2, 0) is 5.41 Å². The van der Waals surface area contributed by atoms with Crippen molar-refractivity contribution >= 4 is 12.2 Å². The second-order valence-electron chi connectivity index (χ2n) is 13.2. The monoisotopic (exact) mass is 665 g/mol. The molecule has 1 aliphatic heterocycles. The molecule has 4 nitrogen and oxygen atoms in total. The number of nitrogens with zero attached hydrogens (tertiary/aromatic N) is 3. The van der Waals surface area contributed by atoms with E-state index in [0.717, 1.165) is 56.0 Å². The van der Waals surface area contributed by atoms with Crippen molar-refractivity contribution in [3.8, 4) is 56.8 Å². The third-order valence-corrected chi connectivity index (χ3v) is 10.2. The Hall–Kier alpha value is -6.91. The summed E-state index contributed by atoms with van der Waals surface area (Å²) >= 11 is 0. The van der Waals surface area contributed by atoms with Gasteiger partial charge in [0.25, 0.3) is 0 Å². The topological polar surface area (TPSA) is 47.9 Å². The lowest BCUT2D eigenvalue weighted by Gasteiger charge is -2.42. The number of fused-ring (bicyclic) bond motifs is 8. The standard InChI is InChI=1S/C48H31N3O/c1-3-13-32(14-4-1)33-23-28-37(29-24-33)46-49-45(36-16-5-2-6-17-36)50-47(51-46)38-30-27-35-26-25-34-15-7-8-18-39(34)48(42(35)31-38)40-19-9-11-21-43(40)52-44-22-12-10-20-41(44)48/h1-31H. The van der Waals surface area contributed by atoms with Crippen LogP contribution in [0.25, 0.3) is 57.4 Å². The van der Waals surface area contributed by atoms with E-state index in [0.29, 0.717) is 17.5 Å². The van der Waals surface area contributed by atoms with Crippen molar-refractivity contribution < 1.29 is 4.74 Å². The summed E-state index contributed by atoms with van der Waals surface area (Å²) in [5.41, 5.74) is 11.3. The molecular weight excluding hydrogens is 635 g/mol. The van der Waals surface area contributed by atoms with E-state index in [1.807, 2.05) is 48.5 Å². The average molecular weight is 666 g/mol. The van der Waals surface area contributed by atoms with Gasteiger partial charge in [0.2, 0.25) is 0 Å². The van der Waals surface area contributed by atoms with E-state index in [-0.39, 0.29) is 0 Å². The van der Waals surface area contributed by atoms with Crippen LogP contribution in [-0.4, -0.2) is 15.0 Å². The van der Waals surface area contributed by atoms with E-state index in [2.05, 4.69) is 140 Å². The molecular formula is C48H31N3O. The normalized spacial score (nSPS) is 13.2. The third-order valence-electron chi connectivity index (χ3n) is 10.2. The fourth-order valence-electron chi connectivity index (χ4n) is 7.84. The van der Waals surface area contributed by atoms with E-state index in [1.165, 1.54) is 16.7 Å². The Bertz CT molecular complexity index is 2600. The van der Waals surface area contributed by atoms with Crippen LogP contribution in [0.15, 0.2) is 176 Å². The van der Waals surface area contributed by atoms with Crippen LogP contribution in [0.2, 0.25) is 0 Å². The molecule has 0 radical (unpaired) electrons. The van der Waals surface area contributed by atoms with Gasteiger partial charge in [-0.25, -0.2) is 15.0 Å². The SMILES string of the molecule is C1=Cc2ccc(-c3nc(-c4ccccc4)nc(-c4ccc(-c5ccccc5)cc4)n3)cc2C2(c3ccccc31)c1ccccc1Oc1ccccc12. The maximum absolute atomic E-state index is 6.60. The maximum Gasteiger partial charge on any atom is 0.164 e. The fourth-order valence-corrected chi connectivity index (χ4v) is 7.84. The molecule has 10 rings (SSSR count). The number of aromatic nitrogens is 3. The van der Waals surface area contributed by atoms with Gasteiger partial charge < -0.3 is 4.74 Å². The molecule has 0 saturated carbocycles. The van der Waals surface area contributed by atoms with Gasteiger partial charge in [-0.3, -0.25) is 0 Å². The average Bonchev–Trinajstić information content (AvgIpc) is 3.36. The molecule has 1 aliphatic carbocycles. The minimum atomic E-state index is -0.664. The van der Waals surface area contributed by atoms with Crippen molar-refractivity contribution in [1.29, 1.82) is 0 Å². The van der Waals surface area contributed by atoms with Crippen LogP contribution in [0.3, 0.4) is 0 Å². The second-order valence-corrected chi connectivity index (χ2v) is 13.2. The third kappa shape index (κ3) is 4.80. The summed E-state index contributed by atoms with van der Waals surface area (Å²) in [6.45, 7) is 0. The molecule has 0 atom stereocenters. The largest absolute Gasteiger partial charge is 0.457 e. The van der Waals surface area contributed by atoms with Gasteiger partial charge in [0.05, 0.1) is 5.41 Å². The molecule has 0 amide bonds. The predicted molar refractivity (Wildman–Crippen MR) is 209 cm³/mol. The molecule has 0 unspecified atom stereocenters. The summed E-state index contributed by atoms with van der Waals surface area (Å²) in [4.78, 5) is 15.3. The molecule has 4 heteroatoms. The Morgan fingerprint density at radius 2 is 0.750 bits per heavy atom. The quantitative estimate of drug-likeness (QED) is 0.188. The molecule has 7 aromatic carbocycles. The first-order valence-corrected chi connectivity index (χ1v) is 17.5. The molecule has 0 N–H and O–H groups in total. The fraction of sp³-hybridized carbons (Fsp3) is 0.0208. The summed E-state index contributed by atoms with van der Waals surface area (Å²) in [6.07, 6.45) is 4.47. The van der Waals surface area contributed by atoms with Gasteiger partial charge in [-0.1, -0.05) is 170 Å². The predicted octanol–water partition coefficient (Wildman–Crippen LogP) is 11.5. The van der Waals surface area contributed by atoms with Gasteiger partial charge in [0, 0.05) is 27.8 Å². The molecule has 0 bridgehead atoms. The zero-order valence-electron chi connectivity index (χ0n) is 28.1. The van der Waals surface area contributed by atoms with Crippen LogP contribution in [0.1, 0.15) is 33.4 Å². The van der Waals surface area contributed by atoms with Crippen LogP contribution >= 0.6 is 0 Å². The Morgan fingerprint density at radius 3 is 1.38 bits per heavy atom. The number of rotatable bonds is 4. The van der Waals surface area contributed by atoms with E-state index in [9.17, 15) is 0 Å². The molecule has 2 heterocycles. The maximum atomic E-state index is 6.60. The first kappa shape index (κ1) is 30.0. The van der Waals surface area contributed by atoms with Crippen LogP contribution < -0.4 is 4.74 Å². The number of benzene rings is 7. The first-order valence-electron chi connectivity index (χ1n) is 17.5. The zero-order valence-corrected chi connectivity index (χ0v) is 28.1. The van der Waals surface area contributed by atoms with E-state index >= 15 is 0 Å².